The summed E-state index contributed by atoms with van der Waals surface area (Å²) in [6.45, 7) is 3.72. The number of amides is 2. The SMILES string of the molecule is NCCOCCC(=O)NCC1=CNC=NCCN(C=O)CCN=C1. The third kappa shape index (κ3) is 9.70. The van der Waals surface area contributed by atoms with Crippen LogP contribution >= 0.6 is 0 Å². The molecular formula is C15H26N6O3. The van der Waals surface area contributed by atoms with E-state index in [-0.39, 0.29) is 12.3 Å². The minimum atomic E-state index is -0.103. The predicted octanol–water partition coefficient (Wildman–Crippen LogP) is -1.49. The standard InChI is InChI=1S/C15H26N6O3/c16-2-8-24-7-1-15(23)20-11-14-9-17-3-5-21(13-22)6-4-18-12-19-10-14/h9-10,12-13H,1-8,11,16H2,(H,18,19)(H,20,23). The molecule has 0 radical (unpaired) electrons. The summed E-state index contributed by atoms with van der Waals surface area (Å²) in [5.74, 6) is -0.103. The van der Waals surface area contributed by atoms with Crippen LogP contribution < -0.4 is 16.4 Å². The van der Waals surface area contributed by atoms with Crippen molar-refractivity contribution in [2.75, 3.05) is 52.5 Å². The molecule has 2 amide bonds. The number of aliphatic imine (C=N–C) groups is 2. The summed E-state index contributed by atoms with van der Waals surface area (Å²) in [5.41, 5.74) is 6.11. The van der Waals surface area contributed by atoms with Crippen molar-refractivity contribution in [3.8, 4) is 0 Å². The van der Waals surface area contributed by atoms with Gasteiger partial charge in [0.15, 0.2) is 0 Å². The van der Waals surface area contributed by atoms with Gasteiger partial charge in [0.1, 0.15) is 0 Å². The van der Waals surface area contributed by atoms with Gasteiger partial charge in [0.2, 0.25) is 12.3 Å². The molecule has 0 unspecified atom stereocenters. The molecule has 24 heavy (non-hydrogen) atoms. The fourth-order valence-corrected chi connectivity index (χ4v) is 1.81. The van der Waals surface area contributed by atoms with E-state index in [4.69, 9.17) is 10.5 Å². The van der Waals surface area contributed by atoms with E-state index < -0.39 is 0 Å². The van der Waals surface area contributed by atoms with Gasteiger partial charge in [-0.3, -0.25) is 19.6 Å². The van der Waals surface area contributed by atoms with Crippen LogP contribution in [0.25, 0.3) is 0 Å². The van der Waals surface area contributed by atoms with Gasteiger partial charge in [-0.2, -0.15) is 0 Å². The highest BCUT2D eigenvalue weighted by atomic mass is 16.5. The molecule has 0 fully saturated rings. The number of ether oxygens (including phenoxy) is 1. The summed E-state index contributed by atoms with van der Waals surface area (Å²) in [5, 5.41) is 5.73. The maximum Gasteiger partial charge on any atom is 0.222 e. The van der Waals surface area contributed by atoms with Crippen LogP contribution in [0, 0.1) is 0 Å². The van der Waals surface area contributed by atoms with Crippen molar-refractivity contribution >= 4 is 24.9 Å². The molecule has 0 aliphatic carbocycles. The lowest BCUT2D eigenvalue weighted by atomic mass is 10.3. The zero-order chi connectivity index (χ0) is 17.5. The van der Waals surface area contributed by atoms with Gasteiger partial charge < -0.3 is 26.0 Å². The van der Waals surface area contributed by atoms with Crippen LogP contribution in [0.15, 0.2) is 21.8 Å². The largest absolute Gasteiger partial charge is 0.380 e. The van der Waals surface area contributed by atoms with E-state index in [1.165, 1.54) is 0 Å². The molecule has 1 rings (SSSR count). The molecule has 0 bridgehead atoms. The average molecular weight is 338 g/mol. The Labute approximate surface area is 142 Å². The summed E-state index contributed by atoms with van der Waals surface area (Å²) in [4.78, 5) is 32.7. The maximum absolute atomic E-state index is 11.7. The molecule has 0 atom stereocenters. The van der Waals surface area contributed by atoms with E-state index in [1.807, 2.05) is 0 Å². The number of nitrogens with one attached hydrogen (secondary N) is 2. The molecule has 1 aliphatic heterocycles. The quantitative estimate of drug-likeness (QED) is 0.368. The minimum Gasteiger partial charge on any atom is -0.380 e. The van der Waals surface area contributed by atoms with Crippen LogP contribution in [0.3, 0.4) is 0 Å². The number of hydrogen-bond acceptors (Lipinski definition) is 7. The predicted molar refractivity (Wildman–Crippen MR) is 93.1 cm³/mol. The highest BCUT2D eigenvalue weighted by Crippen LogP contribution is 1.91. The van der Waals surface area contributed by atoms with Crippen molar-refractivity contribution in [2.45, 2.75) is 6.42 Å². The first-order valence-electron chi connectivity index (χ1n) is 7.93. The Hall–Kier alpha value is -2.26. The van der Waals surface area contributed by atoms with Gasteiger partial charge in [-0.25, -0.2) is 0 Å². The first-order valence-corrected chi connectivity index (χ1v) is 7.93. The molecule has 0 aromatic carbocycles. The smallest absolute Gasteiger partial charge is 0.222 e. The molecular weight excluding hydrogens is 312 g/mol. The van der Waals surface area contributed by atoms with Gasteiger partial charge in [0, 0.05) is 50.6 Å². The Bertz CT molecular complexity index is 464. The number of nitrogens with two attached hydrogens (primary N) is 1. The Morgan fingerprint density at radius 2 is 2.17 bits per heavy atom. The second-order valence-electron chi connectivity index (χ2n) is 5.03. The molecule has 0 aromatic rings. The monoisotopic (exact) mass is 338 g/mol. The van der Waals surface area contributed by atoms with E-state index in [0.29, 0.717) is 52.5 Å². The normalized spacial score (nSPS) is 15.7. The fraction of sp³-hybridized carbons (Fsp3) is 0.600. The van der Waals surface area contributed by atoms with E-state index in [0.717, 1.165) is 12.0 Å². The van der Waals surface area contributed by atoms with Gasteiger partial charge in [0.05, 0.1) is 32.6 Å². The molecule has 4 N–H and O–H groups in total. The molecule has 0 saturated carbocycles. The van der Waals surface area contributed by atoms with Gasteiger partial charge in [-0.05, 0) is 0 Å². The van der Waals surface area contributed by atoms with Gasteiger partial charge in [0.25, 0.3) is 0 Å². The van der Waals surface area contributed by atoms with E-state index in [2.05, 4.69) is 20.6 Å². The van der Waals surface area contributed by atoms with Crippen LogP contribution in [-0.4, -0.2) is 82.3 Å². The topological polar surface area (TPSA) is 121 Å². The minimum absolute atomic E-state index is 0.103. The number of rotatable bonds is 8. The van der Waals surface area contributed by atoms with Gasteiger partial charge >= 0.3 is 0 Å². The van der Waals surface area contributed by atoms with Crippen molar-refractivity contribution in [3.63, 3.8) is 0 Å². The van der Waals surface area contributed by atoms with Crippen LogP contribution in [0.4, 0.5) is 0 Å². The Kier molecular flexibility index (Phi) is 10.9. The molecule has 0 spiro atoms. The summed E-state index contributed by atoms with van der Waals surface area (Å²) in [6, 6.07) is 0. The second kappa shape index (κ2) is 13.2. The Morgan fingerprint density at radius 3 is 2.92 bits per heavy atom. The molecule has 1 aliphatic rings. The number of nitrogens with zero attached hydrogens (tertiary/aromatic N) is 3. The molecule has 0 aromatic heterocycles. The van der Waals surface area contributed by atoms with Crippen molar-refractivity contribution in [2.24, 2.45) is 15.7 Å². The van der Waals surface area contributed by atoms with Crippen LogP contribution in [-0.2, 0) is 14.3 Å². The molecule has 134 valence electrons. The van der Waals surface area contributed by atoms with Crippen molar-refractivity contribution < 1.29 is 14.3 Å². The average Bonchev–Trinajstić information content (AvgIpc) is 2.58. The van der Waals surface area contributed by atoms with Gasteiger partial charge in [-0.15, -0.1) is 0 Å². The molecule has 0 saturated heterocycles. The summed E-state index contributed by atoms with van der Waals surface area (Å²) in [7, 11) is 0. The summed E-state index contributed by atoms with van der Waals surface area (Å²) < 4.78 is 5.17. The Morgan fingerprint density at radius 1 is 1.38 bits per heavy atom. The fourth-order valence-electron chi connectivity index (χ4n) is 1.81. The second-order valence-corrected chi connectivity index (χ2v) is 5.03. The van der Waals surface area contributed by atoms with Crippen LogP contribution in [0.1, 0.15) is 6.42 Å². The van der Waals surface area contributed by atoms with Crippen molar-refractivity contribution in [1.82, 2.24) is 15.5 Å². The van der Waals surface area contributed by atoms with Gasteiger partial charge in [-0.1, -0.05) is 0 Å². The lowest BCUT2D eigenvalue weighted by Crippen LogP contribution is -2.29. The Balaban J connectivity index is 2.43. The highest BCUT2D eigenvalue weighted by Gasteiger charge is 2.03. The highest BCUT2D eigenvalue weighted by molar-refractivity contribution is 5.82. The third-order valence-corrected chi connectivity index (χ3v) is 3.10. The zero-order valence-electron chi connectivity index (χ0n) is 13.8. The summed E-state index contributed by atoms with van der Waals surface area (Å²) in [6.07, 6.45) is 6.05. The van der Waals surface area contributed by atoms with Crippen LogP contribution in [0.2, 0.25) is 0 Å². The van der Waals surface area contributed by atoms with E-state index in [1.54, 1.807) is 23.7 Å². The van der Waals surface area contributed by atoms with Crippen molar-refractivity contribution in [3.05, 3.63) is 11.8 Å². The lowest BCUT2D eigenvalue weighted by Gasteiger charge is -2.14. The molecule has 9 nitrogen and oxygen atoms in total. The first kappa shape index (κ1) is 19.8. The number of hydrogen-bond donors (Lipinski definition) is 3. The van der Waals surface area contributed by atoms with Crippen LogP contribution in [0.5, 0.6) is 0 Å². The lowest BCUT2D eigenvalue weighted by molar-refractivity contribution is -0.122. The first-order chi connectivity index (χ1) is 11.8. The summed E-state index contributed by atoms with van der Waals surface area (Å²) >= 11 is 0. The molecule has 9 heteroatoms. The number of carbonyl (C=O) groups is 2. The van der Waals surface area contributed by atoms with E-state index in [9.17, 15) is 9.59 Å². The van der Waals surface area contributed by atoms with Crippen molar-refractivity contribution in [1.29, 1.82) is 0 Å². The molecule has 1 heterocycles. The third-order valence-electron chi connectivity index (χ3n) is 3.10. The number of carbonyl (C=O) groups excluding carboxylic acids is 2. The zero-order valence-corrected chi connectivity index (χ0v) is 13.8. The maximum atomic E-state index is 11.7. The van der Waals surface area contributed by atoms with E-state index >= 15 is 0 Å².